The van der Waals surface area contributed by atoms with Crippen LogP contribution in [0.3, 0.4) is 0 Å². The van der Waals surface area contributed by atoms with Crippen molar-refractivity contribution < 1.29 is 5.11 Å². The fourth-order valence-electron chi connectivity index (χ4n) is 1.27. The third-order valence-electron chi connectivity index (χ3n) is 1.89. The molecule has 0 aromatic heterocycles. The minimum atomic E-state index is 0.0994. The molecule has 0 aromatic rings. The van der Waals surface area contributed by atoms with E-state index in [4.69, 9.17) is 5.11 Å². The van der Waals surface area contributed by atoms with E-state index in [1.165, 1.54) is 0 Å². The van der Waals surface area contributed by atoms with Gasteiger partial charge < -0.3 is 5.11 Å². The van der Waals surface area contributed by atoms with Gasteiger partial charge in [0.1, 0.15) is 0 Å². The van der Waals surface area contributed by atoms with Gasteiger partial charge in [-0.3, -0.25) is 4.99 Å². The van der Waals surface area contributed by atoms with E-state index in [9.17, 15) is 0 Å². The van der Waals surface area contributed by atoms with Crippen molar-refractivity contribution >= 4 is 5.71 Å². The van der Waals surface area contributed by atoms with Crippen molar-refractivity contribution in [2.75, 3.05) is 6.61 Å². The Morgan fingerprint density at radius 3 is 3.18 bits per heavy atom. The number of allylic oxidation sites excluding steroid dienone is 3. The molecule has 2 aliphatic rings. The average Bonchev–Trinajstić information content (AvgIpc) is 2.50. The van der Waals surface area contributed by atoms with E-state index in [1.807, 2.05) is 24.3 Å². The maximum absolute atomic E-state index is 8.82. The molecule has 2 rings (SSSR count). The number of nitrogens with zero attached hydrogens (tertiary/aromatic N) is 1. The summed E-state index contributed by atoms with van der Waals surface area (Å²) in [5.41, 5.74) is 1.97. The minimum Gasteiger partial charge on any atom is -0.392 e. The van der Waals surface area contributed by atoms with Gasteiger partial charge in [0.05, 0.1) is 12.3 Å². The van der Waals surface area contributed by atoms with E-state index in [-0.39, 0.29) is 6.61 Å². The molecule has 0 saturated heterocycles. The Morgan fingerprint density at radius 2 is 2.36 bits per heavy atom. The highest BCUT2D eigenvalue weighted by Crippen LogP contribution is 2.19. The van der Waals surface area contributed by atoms with Crippen LogP contribution in [0.1, 0.15) is 0 Å². The Bertz CT molecular complexity index is 284. The lowest BCUT2D eigenvalue weighted by atomic mass is 9.96. The average molecular weight is 147 g/mol. The van der Waals surface area contributed by atoms with Gasteiger partial charge in [0.25, 0.3) is 0 Å². The number of rotatable bonds is 1. The zero-order chi connectivity index (χ0) is 7.68. The van der Waals surface area contributed by atoms with Gasteiger partial charge >= 0.3 is 0 Å². The summed E-state index contributed by atoms with van der Waals surface area (Å²) in [6, 6.07) is 0. The van der Waals surface area contributed by atoms with Crippen LogP contribution >= 0.6 is 0 Å². The van der Waals surface area contributed by atoms with Crippen LogP contribution in [-0.2, 0) is 0 Å². The summed E-state index contributed by atoms with van der Waals surface area (Å²) < 4.78 is 0. The molecule has 0 bridgehead atoms. The fraction of sp³-hybridized carbons (Fsp3) is 0.222. The molecule has 0 amide bonds. The monoisotopic (exact) mass is 147 g/mol. The largest absolute Gasteiger partial charge is 0.392 e. The number of aliphatic imine (C=N–C) groups is 1. The number of fused-ring (bicyclic) bond motifs is 1. The van der Waals surface area contributed by atoms with E-state index in [2.05, 4.69) is 4.99 Å². The molecule has 0 radical (unpaired) electrons. The topological polar surface area (TPSA) is 32.6 Å². The molecule has 1 N–H and O–H groups in total. The highest BCUT2D eigenvalue weighted by Gasteiger charge is 2.14. The number of hydrogen-bond acceptors (Lipinski definition) is 2. The van der Waals surface area contributed by atoms with Gasteiger partial charge in [-0.05, 0) is 11.6 Å². The molecule has 2 heteroatoms. The molecule has 0 unspecified atom stereocenters. The second kappa shape index (κ2) is 2.47. The van der Waals surface area contributed by atoms with E-state index in [0.29, 0.717) is 5.92 Å². The van der Waals surface area contributed by atoms with Gasteiger partial charge in [0, 0.05) is 12.1 Å². The van der Waals surface area contributed by atoms with Crippen LogP contribution in [-0.4, -0.2) is 17.4 Å². The molecule has 1 atom stereocenters. The smallest absolute Gasteiger partial charge is 0.0682 e. The Kier molecular flexibility index (Phi) is 1.47. The molecule has 0 spiro atoms. The van der Waals surface area contributed by atoms with Gasteiger partial charge in [-0.15, -0.1) is 0 Å². The first-order chi connectivity index (χ1) is 5.40. The third-order valence-corrected chi connectivity index (χ3v) is 1.89. The molecule has 0 fully saturated rings. The van der Waals surface area contributed by atoms with E-state index < -0.39 is 0 Å². The van der Waals surface area contributed by atoms with Crippen molar-refractivity contribution in [3.63, 3.8) is 0 Å². The van der Waals surface area contributed by atoms with Crippen LogP contribution in [0.25, 0.3) is 0 Å². The highest BCUT2D eigenvalue weighted by atomic mass is 16.3. The summed E-state index contributed by atoms with van der Waals surface area (Å²) in [6.07, 6.45) is 9.77. The van der Waals surface area contributed by atoms with Crippen molar-refractivity contribution in [1.82, 2.24) is 0 Å². The van der Waals surface area contributed by atoms with Gasteiger partial charge in [0.15, 0.2) is 0 Å². The van der Waals surface area contributed by atoms with Gasteiger partial charge in [0.2, 0.25) is 0 Å². The summed E-state index contributed by atoms with van der Waals surface area (Å²) in [5, 5.41) is 8.82. The standard InChI is InChI=1S/C9H9NO/c11-6-7-1-2-8-3-4-10-9(8)5-7/h1-5,8,11H,6H2/t8-/m0/s1. The van der Waals surface area contributed by atoms with Crippen molar-refractivity contribution in [3.8, 4) is 0 Å². The molecule has 0 aromatic carbocycles. The minimum absolute atomic E-state index is 0.0994. The lowest BCUT2D eigenvalue weighted by molar-refractivity contribution is 0.335. The Hall–Kier alpha value is -1.15. The van der Waals surface area contributed by atoms with Crippen molar-refractivity contribution in [1.29, 1.82) is 0 Å². The third kappa shape index (κ3) is 1.05. The first kappa shape index (κ1) is 6.55. The number of aliphatic hydroxyl groups excluding tert-OH is 1. The molecular formula is C9H9NO. The molecular weight excluding hydrogens is 138 g/mol. The molecule has 1 aliphatic heterocycles. The second-order valence-electron chi connectivity index (χ2n) is 2.66. The van der Waals surface area contributed by atoms with Crippen LogP contribution in [0.4, 0.5) is 0 Å². The van der Waals surface area contributed by atoms with Crippen LogP contribution in [0.5, 0.6) is 0 Å². The summed E-state index contributed by atoms with van der Waals surface area (Å²) in [6.45, 7) is 0.0994. The second-order valence-corrected chi connectivity index (χ2v) is 2.66. The zero-order valence-electron chi connectivity index (χ0n) is 6.07. The lowest BCUT2D eigenvalue weighted by Gasteiger charge is -2.09. The van der Waals surface area contributed by atoms with Crippen LogP contribution < -0.4 is 0 Å². The van der Waals surface area contributed by atoms with Crippen LogP contribution in [0.15, 0.2) is 41.1 Å². The Morgan fingerprint density at radius 1 is 1.45 bits per heavy atom. The first-order valence-corrected chi connectivity index (χ1v) is 3.64. The first-order valence-electron chi connectivity index (χ1n) is 3.64. The SMILES string of the molecule is OCC1=CC2=NC=C[C@@H]2C=C1. The fourth-order valence-corrected chi connectivity index (χ4v) is 1.27. The summed E-state index contributed by atoms with van der Waals surface area (Å²) in [4.78, 5) is 4.15. The number of hydrogen-bond donors (Lipinski definition) is 1. The van der Waals surface area contributed by atoms with E-state index >= 15 is 0 Å². The normalized spacial score (nSPS) is 26.5. The zero-order valence-corrected chi connectivity index (χ0v) is 6.07. The molecule has 1 aliphatic carbocycles. The van der Waals surface area contributed by atoms with Crippen LogP contribution in [0, 0.1) is 5.92 Å². The quantitative estimate of drug-likeness (QED) is 0.591. The lowest BCUT2D eigenvalue weighted by Crippen LogP contribution is -2.09. The highest BCUT2D eigenvalue weighted by molar-refractivity contribution is 6.02. The summed E-state index contributed by atoms with van der Waals surface area (Å²) in [7, 11) is 0. The molecule has 1 heterocycles. The predicted octanol–water partition coefficient (Wildman–Crippen LogP) is 1.06. The molecule has 0 saturated carbocycles. The van der Waals surface area contributed by atoms with Gasteiger partial charge in [-0.25, -0.2) is 0 Å². The van der Waals surface area contributed by atoms with Crippen molar-refractivity contribution in [2.45, 2.75) is 0 Å². The van der Waals surface area contributed by atoms with Crippen LogP contribution in [0.2, 0.25) is 0 Å². The maximum Gasteiger partial charge on any atom is 0.0682 e. The Balaban J connectivity index is 2.29. The van der Waals surface area contributed by atoms with E-state index in [0.717, 1.165) is 11.3 Å². The van der Waals surface area contributed by atoms with Crippen molar-refractivity contribution in [3.05, 3.63) is 36.1 Å². The van der Waals surface area contributed by atoms with Crippen molar-refractivity contribution in [2.24, 2.45) is 10.9 Å². The summed E-state index contributed by atoms with van der Waals surface area (Å²) in [5.74, 6) is 0.352. The summed E-state index contributed by atoms with van der Waals surface area (Å²) >= 11 is 0. The Labute approximate surface area is 65.3 Å². The van der Waals surface area contributed by atoms with Gasteiger partial charge in [-0.2, -0.15) is 0 Å². The molecule has 56 valence electrons. The molecule has 11 heavy (non-hydrogen) atoms. The van der Waals surface area contributed by atoms with E-state index in [1.54, 1.807) is 6.20 Å². The maximum atomic E-state index is 8.82. The predicted molar refractivity (Wildman–Crippen MR) is 44.4 cm³/mol. The van der Waals surface area contributed by atoms with Gasteiger partial charge in [-0.1, -0.05) is 18.2 Å². The molecule has 2 nitrogen and oxygen atoms in total. The number of aliphatic hydroxyl groups is 1.